The van der Waals surface area contributed by atoms with E-state index in [9.17, 15) is 23.2 Å². The smallest absolute Gasteiger partial charge is 0.415 e. The topological polar surface area (TPSA) is 90.0 Å². The molecule has 1 aromatic carbocycles. The maximum absolute atomic E-state index is 14.5. The number of carbonyl (C=O) groups is 3. The number of imide groups is 1. The van der Waals surface area contributed by atoms with Gasteiger partial charge in [-0.15, -0.1) is 0 Å². The van der Waals surface area contributed by atoms with Gasteiger partial charge in [-0.05, 0) is 17.0 Å². The lowest BCUT2D eigenvalue weighted by molar-refractivity contribution is -0.119. The number of rotatable bonds is 2. The van der Waals surface area contributed by atoms with E-state index in [0.717, 1.165) is 4.90 Å². The number of carboxylic acid groups (broad SMARTS) is 1. The Hall–Kier alpha value is -2.42. The molecule has 26 heavy (non-hydrogen) atoms. The highest BCUT2D eigenvalue weighted by molar-refractivity contribution is 6.31. The molecule has 2 rings (SSSR count). The molecule has 0 radical (unpaired) electrons. The lowest BCUT2D eigenvalue weighted by Crippen LogP contribution is -2.44. The second-order valence-electron chi connectivity index (χ2n) is 6.93. The van der Waals surface area contributed by atoms with Crippen LogP contribution >= 0.6 is 11.6 Å². The quantitative estimate of drug-likeness (QED) is 0.761. The van der Waals surface area contributed by atoms with Gasteiger partial charge in [-0.1, -0.05) is 32.4 Å². The van der Waals surface area contributed by atoms with Crippen LogP contribution < -0.4 is 10.2 Å². The third kappa shape index (κ3) is 3.44. The number of likely N-dealkylation sites (N-methyl/N-ethyl adjacent to an activating group) is 1. The van der Waals surface area contributed by atoms with E-state index in [1.807, 2.05) is 0 Å². The van der Waals surface area contributed by atoms with Crippen molar-refractivity contribution in [2.75, 3.05) is 18.5 Å². The van der Waals surface area contributed by atoms with Crippen LogP contribution in [0.15, 0.2) is 6.07 Å². The molecule has 0 unspecified atom stereocenters. The fourth-order valence-corrected chi connectivity index (χ4v) is 2.77. The zero-order valence-corrected chi connectivity index (χ0v) is 15.3. The minimum atomic E-state index is -1.51. The lowest BCUT2D eigenvalue weighted by atomic mass is 9.86. The molecule has 10 heteroatoms. The van der Waals surface area contributed by atoms with Crippen LogP contribution in [0.5, 0.6) is 0 Å². The number of urea groups is 1. The molecule has 0 aliphatic carbocycles. The first kappa shape index (κ1) is 19.9. The Balaban J connectivity index is 2.39. The van der Waals surface area contributed by atoms with Crippen LogP contribution in [0.25, 0.3) is 0 Å². The number of nitrogens with zero attached hydrogens (tertiary/aromatic N) is 2. The van der Waals surface area contributed by atoms with E-state index in [2.05, 4.69) is 5.32 Å². The Morgan fingerprint density at radius 1 is 1.35 bits per heavy atom. The summed E-state index contributed by atoms with van der Waals surface area (Å²) < 4.78 is 28.7. The summed E-state index contributed by atoms with van der Waals surface area (Å²) in [6.07, 6.45) is -1.51. The van der Waals surface area contributed by atoms with Crippen molar-refractivity contribution >= 4 is 35.3 Å². The maximum Gasteiger partial charge on any atom is 0.415 e. The molecule has 7 nitrogen and oxygen atoms in total. The minimum absolute atomic E-state index is 0.112. The molecule has 1 fully saturated rings. The highest BCUT2D eigenvalue weighted by atomic mass is 35.5. The number of nitrogens with one attached hydrogen (secondary N) is 1. The normalized spacial score (nSPS) is 17.3. The van der Waals surface area contributed by atoms with E-state index < -0.39 is 52.7 Å². The van der Waals surface area contributed by atoms with E-state index >= 15 is 0 Å². The number of amides is 4. The van der Waals surface area contributed by atoms with Gasteiger partial charge >= 0.3 is 12.1 Å². The Labute approximate surface area is 153 Å². The molecular weight excluding hydrogens is 372 g/mol. The van der Waals surface area contributed by atoms with Gasteiger partial charge in [0, 0.05) is 7.05 Å². The fourth-order valence-electron chi connectivity index (χ4n) is 2.58. The highest BCUT2D eigenvalue weighted by Gasteiger charge is 2.39. The molecule has 1 atom stereocenters. The monoisotopic (exact) mass is 389 g/mol. The molecule has 2 N–H and O–H groups in total. The number of halogens is 3. The third-order valence-corrected chi connectivity index (χ3v) is 4.40. The fraction of sp³-hybridized carbons (Fsp3) is 0.438. The summed E-state index contributed by atoms with van der Waals surface area (Å²) in [5, 5.41) is 10.4. The summed E-state index contributed by atoms with van der Waals surface area (Å²) in [4.78, 5) is 36.4. The second kappa shape index (κ2) is 6.71. The summed E-state index contributed by atoms with van der Waals surface area (Å²) in [5.41, 5.74) is -0.864. The zero-order valence-electron chi connectivity index (χ0n) is 14.6. The van der Waals surface area contributed by atoms with E-state index in [4.69, 9.17) is 16.7 Å². The first-order valence-electron chi connectivity index (χ1n) is 7.62. The predicted octanol–water partition coefficient (Wildman–Crippen LogP) is 2.95. The van der Waals surface area contributed by atoms with Gasteiger partial charge in [-0.2, -0.15) is 0 Å². The first-order chi connectivity index (χ1) is 11.9. The zero-order chi connectivity index (χ0) is 20.0. The molecule has 0 aromatic heterocycles. The molecule has 1 saturated heterocycles. The Morgan fingerprint density at radius 2 is 1.92 bits per heavy atom. The van der Waals surface area contributed by atoms with Gasteiger partial charge in [0.2, 0.25) is 0 Å². The number of anilines is 1. The summed E-state index contributed by atoms with van der Waals surface area (Å²) >= 11 is 5.75. The van der Waals surface area contributed by atoms with Crippen molar-refractivity contribution < 1.29 is 28.3 Å². The molecule has 0 spiro atoms. The summed E-state index contributed by atoms with van der Waals surface area (Å²) in [6, 6.07) is -0.956. The number of benzene rings is 1. The average Bonchev–Trinajstić information content (AvgIpc) is 2.92. The van der Waals surface area contributed by atoms with Crippen molar-refractivity contribution in [3.63, 3.8) is 0 Å². The third-order valence-electron chi connectivity index (χ3n) is 4.06. The summed E-state index contributed by atoms with van der Waals surface area (Å²) in [7, 11) is 1.23. The molecule has 4 amide bonds. The molecule has 1 aliphatic heterocycles. The van der Waals surface area contributed by atoms with Gasteiger partial charge in [-0.3, -0.25) is 4.79 Å². The second-order valence-corrected chi connectivity index (χ2v) is 7.31. The van der Waals surface area contributed by atoms with Crippen LogP contribution in [0.2, 0.25) is 5.02 Å². The van der Waals surface area contributed by atoms with Crippen LogP contribution in [0.3, 0.4) is 0 Å². The van der Waals surface area contributed by atoms with Gasteiger partial charge in [0.05, 0.1) is 12.2 Å². The van der Waals surface area contributed by atoms with Gasteiger partial charge in [-0.25, -0.2) is 23.3 Å². The van der Waals surface area contributed by atoms with Crippen LogP contribution in [0, 0.1) is 11.6 Å². The van der Waals surface area contributed by atoms with Gasteiger partial charge in [0.15, 0.2) is 5.82 Å². The minimum Gasteiger partial charge on any atom is -0.465 e. The molecule has 142 valence electrons. The van der Waals surface area contributed by atoms with E-state index in [1.54, 1.807) is 20.8 Å². The molecule has 0 bridgehead atoms. The summed E-state index contributed by atoms with van der Waals surface area (Å²) in [5.74, 6) is -2.79. The molecule has 1 aliphatic rings. The largest absolute Gasteiger partial charge is 0.465 e. The lowest BCUT2D eigenvalue weighted by Gasteiger charge is -2.26. The maximum atomic E-state index is 14.5. The number of carbonyl (C=O) groups excluding carboxylic acids is 2. The van der Waals surface area contributed by atoms with Crippen molar-refractivity contribution in [1.82, 2.24) is 10.2 Å². The van der Waals surface area contributed by atoms with Gasteiger partial charge in [0.1, 0.15) is 16.9 Å². The van der Waals surface area contributed by atoms with E-state index in [-0.39, 0.29) is 11.3 Å². The van der Waals surface area contributed by atoms with Crippen LogP contribution in [0.1, 0.15) is 26.3 Å². The first-order valence-corrected chi connectivity index (χ1v) is 8.00. The standard InChI is InChI=1S/C16H18ClF2N3O4/c1-16(2,3)7-5-9(12(19)10(17)11(7)18)21(4)13(23)8-6-22(15(25)26)14(24)20-8/h5,8H,6H2,1-4H3,(H,20,24)(H,25,26)/t8-/m0/s1. The molecular formula is C16H18ClF2N3O4. The number of hydrogen-bond donors (Lipinski definition) is 2. The van der Waals surface area contributed by atoms with E-state index in [0.29, 0.717) is 4.90 Å². The Morgan fingerprint density at radius 3 is 2.38 bits per heavy atom. The Kier molecular flexibility index (Phi) is 5.14. The van der Waals surface area contributed by atoms with Gasteiger partial charge in [0.25, 0.3) is 5.91 Å². The predicted molar refractivity (Wildman–Crippen MR) is 90.5 cm³/mol. The van der Waals surface area contributed by atoms with Crippen molar-refractivity contribution in [2.45, 2.75) is 32.2 Å². The van der Waals surface area contributed by atoms with Crippen molar-refractivity contribution in [1.29, 1.82) is 0 Å². The van der Waals surface area contributed by atoms with Crippen molar-refractivity contribution in [3.05, 3.63) is 28.3 Å². The van der Waals surface area contributed by atoms with Crippen LogP contribution in [-0.2, 0) is 10.2 Å². The average molecular weight is 390 g/mol. The SMILES string of the molecule is CN(C(=O)[C@@H]1CN(C(=O)O)C(=O)N1)c1cc(C(C)(C)C)c(F)c(Cl)c1F. The Bertz CT molecular complexity index is 795. The van der Waals surface area contributed by atoms with E-state index in [1.165, 1.54) is 13.1 Å². The van der Waals surface area contributed by atoms with Crippen molar-refractivity contribution in [2.24, 2.45) is 0 Å². The van der Waals surface area contributed by atoms with Crippen LogP contribution in [-0.4, -0.2) is 47.7 Å². The summed E-state index contributed by atoms with van der Waals surface area (Å²) in [6.45, 7) is 4.69. The molecule has 1 aromatic rings. The highest BCUT2D eigenvalue weighted by Crippen LogP contribution is 2.36. The molecule has 1 heterocycles. The van der Waals surface area contributed by atoms with Gasteiger partial charge < -0.3 is 15.3 Å². The molecule has 0 saturated carbocycles. The van der Waals surface area contributed by atoms with Crippen molar-refractivity contribution in [3.8, 4) is 0 Å². The number of hydrogen-bond acceptors (Lipinski definition) is 3. The van der Waals surface area contributed by atoms with Crippen LogP contribution in [0.4, 0.5) is 24.1 Å².